The topological polar surface area (TPSA) is 67.8 Å². The zero-order valence-corrected chi connectivity index (χ0v) is 13.0. The third-order valence-corrected chi connectivity index (χ3v) is 3.54. The molecule has 0 bridgehead atoms. The van der Waals surface area contributed by atoms with Crippen molar-refractivity contribution >= 4 is 6.09 Å². The van der Waals surface area contributed by atoms with E-state index in [0.29, 0.717) is 0 Å². The fourth-order valence-corrected chi connectivity index (χ4v) is 2.40. The van der Waals surface area contributed by atoms with Gasteiger partial charge < -0.3 is 19.9 Å². The molecule has 0 saturated heterocycles. The minimum atomic E-state index is -3.29. The summed E-state index contributed by atoms with van der Waals surface area (Å²) in [6, 6.07) is -0.265. The number of aliphatic hydroxyl groups is 1. The molecule has 5 nitrogen and oxygen atoms in total. The van der Waals surface area contributed by atoms with E-state index in [0.717, 1.165) is 0 Å². The molecule has 0 atom stereocenters. The molecule has 0 aromatic carbocycles. The zero-order chi connectivity index (χ0) is 16.3. The Morgan fingerprint density at radius 2 is 1.86 bits per heavy atom. The average molecular weight is 309 g/mol. The number of halogens is 2. The van der Waals surface area contributed by atoms with Crippen LogP contribution in [0.5, 0.6) is 0 Å². The Hall–Kier alpha value is -0.950. The van der Waals surface area contributed by atoms with Gasteiger partial charge in [0.25, 0.3) is 5.92 Å². The fraction of sp³-hybridized carbons (Fsp3) is 0.929. The van der Waals surface area contributed by atoms with Crippen LogP contribution in [0.15, 0.2) is 0 Å². The molecule has 0 spiro atoms. The van der Waals surface area contributed by atoms with Gasteiger partial charge in [-0.3, -0.25) is 0 Å². The van der Waals surface area contributed by atoms with E-state index in [4.69, 9.17) is 4.74 Å². The Morgan fingerprint density at radius 1 is 1.33 bits per heavy atom. The lowest BCUT2D eigenvalue weighted by atomic mass is 9.78. The number of rotatable bonds is 4. The third kappa shape index (κ3) is 5.07. The van der Waals surface area contributed by atoms with E-state index in [2.05, 4.69) is 10.1 Å². The normalized spacial score (nSPS) is 27.3. The van der Waals surface area contributed by atoms with Gasteiger partial charge in [0.05, 0.1) is 0 Å². The number of alkyl carbamates (subject to hydrolysis) is 1. The molecule has 7 heteroatoms. The first-order valence-electron chi connectivity index (χ1n) is 7.08. The summed E-state index contributed by atoms with van der Waals surface area (Å²) >= 11 is 0. The summed E-state index contributed by atoms with van der Waals surface area (Å²) in [6.07, 6.45) is -0.209. The number of ether oxygens (including phenoxy) is 2. The van der Waals surface area contributed by atoms with Gasteiger partial charge in [-0.15, -0.1) is 0 Å². The molecule has 1 aliphatic rings. The monoisotopic (exact) mass is 309 g/mol. The molecule has 1 saturated carbocycles. The molecule has 1 rings (SSSR count). The molecule has 2 N–H and O–H groups in total. The van der Waals surface area contributed by atoms with E-state index in [-0.39, 0.29) is 31.7 Å². The van der Waals surface area contributed by atoms with E-state index in [9.17, 15) is 18.7 Å². The van der Waals surface area contributed by atoms with Gasteiger partial charge in [0.15, 0.2) is 0 Å². The number of hydrogen-bond acceptors (Lipinski definition) is 4. The Balaban J connectivity index is 2.50. The Bertz CT molecular complexity index is 360. The van der Waals surface area contributed by atoms with Crippen molar-refractivity contribution in [3.63, 3.8) is 0 Å². The van der Waals surface area contributed by atoms with Gasteiger partial charge >= 0.3 is 6.09 Å². The predicted molar refractivity (Wildman–Crippen MR) is 73.4 cm³/mol. The van der Waals surface area contributed by atoms with Crippen LogP contribution in [0.1, 0.15) is 46.5 Å². The van der Waals surface area contributed by atoms with Gasteiger partial charge in [-0.25, -0.2) is 13.6 Å². The molecule has 0 aliphatic heterocycles. The summed E-state index contributed by atoms with van der Waals surface area (Å²) in [5.74, 6) is -3.29. The van der Waals surface area contributed by atoms with Crippen molar-refractivity contribution < 1.29 is 28.2 Å². The van der Waals surface area contributed by atoms with Crippen molar-refractivity contribution in [3.05, 3.63) is 0 Å². The van der Waals surface area contributed by atoms with Gasteiger partial charge in [0.2, 0.25) is 0 Å². The summed E-state index contributed by atoms with van der Waals surface area (Å²) in [5.41, 5.74) is -2.68. The predicted octanol–water partition coefficient (Wildman–Crippen LogP) is 2.47. The van der Waals surface area contributed by atoms with Crippen LogP contribution < -0.4 is 5.32 Å². The van der Waals surface area contributed by atoms with Crippen LogP contribution in [-0.4, -0.2) is 48.1 Å². The highest BCUT2D eigenvalue weighted by Gasteiger charge is 2.53. The van der Waals surface area contributed by atoms with E-state index < -0.39 is 29.8 Å². The maximum absolute atomic E-state index is 13.8. The first kappa shape index (κ1) is 18.1. The first-order valence-corrected chi connectivity index (χ1v) is 7.08. The second-order valence-corrected chi connectivity index (χ2v) is 6.59. The van der Waals surface area contributed by atoms with Crippen molar-refractivity contribution in [2.45, 2.75) is 69.6 Å². The highest BCUT2D eigenvalue weighted by atomic mass is 19.3. The van der Waals surface area contributed by atoms with E-state index in [1.54, 1.807) is 20.8 Å². The first-order chi connectivity index (χ1) is 9.49. The van der Waals surface area contributed by atoms with Gasteiger partial charge in [0.1, 0.15) is 17.8 Å². The van der Waals surface area contributed by atoms with Gasteiger partial charge in [0, 0.05) is 13.2 Å². The molecule has 124 valence electrons. The maximum atomic E-state index is 13.8. The van der Waals surface area contributed by atoms with Crippen LogP contribution in [0.4, 0.5) is 13.6 Å². The van der Waals surface area contributed by atoms with Gasteiger partial charge in [-0.2, -0.15) is 0 Å². The standard InChI is InChI=1S/C14H25F2NO4/c1-12(2,3)21-11(18)17-10-5-7-13(19,8-6-10)14(15,16)9-20-4/h10,19H,5-9H2,1-4H3,(H,17,18). The Labute approximate surface area is 124 Å². The van der Waals surface area contributed by atoms with Gasteiger partial charge in [-0.05, 0) is 46.5 Å². The number of hydrogen-bond donors (Lipinski definition) is 2. The summed E-state index contributed by atoms with van der Waals surface area (Å²) in [5, 5.41) is 12.7. The molecule has 0 aromatic rings. The second kappa shape index (κ2) is 6.44. The van der Waals surface area contributed by atoms with Crippen molar-refractivity contribution in [1.82, 2.24) is 5.32 Å². The second-order valence-electron chi connectivity index (χ2n) is 6.59. The summed E-state index contributed by atoms with van der Waals surface area (Å²) < 4.78 is 37.2. The van der Waals surface area contributed by atoms with Crippen molar-refractivity contribution in [1.29, 1.82) is 0 Å². The lowest BCUT2D eigenvalue weighted by molar-refractivity contribution is -0.217. The van der Waals surface area contributed by atoms with Crippen LogP contribution in [-0.2, 0) is 9.47 Å². The molecule has 0 radical (unpaired) electrons. The van der Waals surface area contributed by atoms with E-state index in [1.807, 2.05) is 0 Å². The quantitative estimate of drug-likeness (QED) is 0.837. The molecule has 1 fully saturated rings. The number of alkyl halides is 2. The largest absolute Gasteiger partial charge is 0.444 e. The van der Waals surface area contributed by atoms with E-state index >= 15 is 0 Å². The SMILES string of the molecule is COCC(F)(F)C1(O)CCC(NC(=O)OC(C)(C)C)CC1. The summed E-state index contributed by atoms with van der Waals surface area (Å²) in [6.45, 7) is 4.43. The van der Waals surface area contributed by atoms with E-state index in [1.165, 1.54) is 7.11 Å². The van der Waals surface area contributed by atoms with Crippen LogP contribution in [0.25, 0.3) is 0 Å². The van der Waals surface area contributed by atoms with Crippen molar-refractivity contribution in [3.8, 4) is 0 Å². The molecule has 0 aromatic heterocycles. The van der Waals surface area contributed by atoms with Crippen LogP contribution in [0, 0.1) is 0 Å². The maximum Gasteiger partial charge on any atom is 0.407 e. The van der Waals surface area contributed by atoms with Crippen LogP contribution in [0.3, 0.4) is 0 Å². The molecule has 21 heavy (non-hydrogen) atoms. The highest BCUT2D eigenvalue weighted by Crippen LogP contribution is 2.40. The number of nitrogens with one attached hydrogen (secondary N) is 1. The molecular formula is C14H25F2NO4. The number of amides is 1. The Morgan fingerprint density at radius 3 is 2.29 bits per heavy atom. The molecule has 0 unspecified atom stereocenters. The minimum Gasteiger partial charge on any atom is -0.444 e. The summed E-state index contributed by atoms with van der Waals surface area (Å²) in [7, 11) is 1.17. The third-order valence-electron chi connectivity index (χ3n) is 3.54. The number of methoxy groups -OCH3 is 1. The lowest BCUT2D eigenvalue weighted by Crippen LogP contribution is -2.55. The number of carbonyl (C=O) groups excluding carboxylic acids is 1. The van der Waals surface area contributed by atoms with Crippen molar-refractivity contribution in [2.24, 2.45) is 0 Å². The smallest absolute Gasteiger partial charge is 0.407 e. The molecule has 1 aliphatic carbocycles. The fourth-order valence-electron chi connectivity index (χ4n) is 2.40. The lowest BCUT2D eigenvalue weighted by Gasteiger charge is -2.41. The average Bonchev–Trinajstić information content (AvgIpc) is 2.29. The Kier molecular flexibility index (Phi) is 5.55. The van der Waals surface area contributed by atoms with Gasteiger partial charge in [-0.1, -0.05) is 0 Å². The zero-order valence-electron chi connectivity index (χ0n) is 13.0. The highest BCUT2D eigenvalue weighted by molar-refractivity contribution is 5.68. The van der Waals surface area contributed by atoms with Crippen molar-refractivity contribution in [2.75, 3.05) is 13.7 Å². The van der Waals surface area contributed by atoms with Crippen LogP contribution in [0.2, 0.25) is 0 Å². The summed E-state index contributed by atoms with van der Waals surface area (Å²) in [4.78, 5) is 11.6. The number of carbonyl (C=O) groups is 1. The molecule has 0 heterocycles. The molecular weight excluding hydrogens is 284 g/mol. The van der Waals surface area contributed by atoms with Crippen LogP contribution >= 0.6 is 0 Å². The molecule has 1 amide bonds. The minimum absolute atomic E-state index is 0.0934.